The summed E-state index contributed by atoms with van der Waals surface area (Å²) in [6.07, 6.45) is 0.281. The van der Waals surface area contributed by atoms with Gasteiger partial charge < -0.3 is 9.84 Å². The molecular formula is C24H21FN4O4S. The largest absolute Gasteiger partial charge is 0.339 e. The molecule has 4 rings (SSSR count). The molecule has 1 aromatic heterocycles. The van der Waals surface area contributed by atoms with Crippen LogP contribution >= 0.6 is 0 Å². The third-order valence-electron chi connectivity index (χ3n) is 4.90. The molecule has 0 spiro atoms. The average molecular weight is 481 g/mol. The normalized spacial score (nSPS) is 11.2. The van der Waals surface area contributed by atoms with E-state index < -0.39 is 10.0 Å². The number of amides is 1. The van der Waals surface area contributed by atoms with Crippen LogP contribution in [-0.2, 0) is 21.2 Å². The summed E-state index contributed by atoms with van der Waals surface area (Å²) in [5.74, 6) is -0.0325. The molecule has 10 heteroatoms. The Morgan fingerprint density at radius 1 is 1.00 bits per heavy atom. The van der Waals surface area contributed by atoms with Crippen LogP contribution in [0.5, 0.6) is 0 Å². The van der Waals surface area contributed by atoms with E-state index in [9.17, 15) is 17.6 Å². The molecule has 0 bridgehead atoms. The number of aryl methyl sites for hydroxylation is 2. The molecule has 0 atom stereocenters. The first-order valence-corrected chi connectivity index (χ1v) is 11.9. The predicted octanol–water partition coefficient (Wildman–Crippen LogP) is 4.56. The van der Waals surface area contributed by atoms with Gasteiger partial charge in [-0.05, 0) is 61.0 Å². The second-order valence-corrected chi connectivity index (χ2v) is 9.21. The Kier molecular flexibility index (Phi) is 6.69. The van der Waals surface area contributed by atoms with Crippen molar-refractivity contribution in [1.82, 2.24) is 10.1 Å². The molecule has 0 saturated carbocycles. The zero-order valence-electron chi connectivity index (χ0n) is 18.2. The van der Waals surface area contributed by atoms with E-state index in [0.717, 1.165) is 0 Å². The van der Waals surface area contributed by atoms with Crippen LogP contribution in [0.4, 0.5) is 15.8 Å². The highest BCUT2D eigenvalue weighted by atomic mass is 32.2. The summed E-state index contributed by atoms with van der Waals surface area (Å²) in [4.78, 5) is 16.8. The minimum absolute atomic E-state index is 0.0735. The van der Waals surface area contributed by atoms with E-state index >= 15 is 0 Å². The summed E-state index contributed by atoms with van der Waals surface area (Å²) in [7, 11) is -3.74. The van der Waals surface area contributed by atoms with Crippen LogP contribution in [0.1, 0.15) is 17.9 Å². The Morgan fingerprint density at radius 2 is 1.76 bits per heavy atom. The zero-order chi connectivity index (χ0) is 24.1. The maximum atomic E-state index is 13.4. The molecule has 0 radical (unpaired) electrons. The van der Waals surface area contributed by atoms with Crippen LogP contribution in [0.2, 0.25) is 0 Å². The van der Waals surface area contributed by atoms with E-state index in [1.165, 1.54) is 24.3 Å². The Morgan fingerprint density at radius 3 is 2.53 bits per heavy atom. The molecule has 0 aliphatic heterocycles. The maximum Gasteiger partial charge on any atom is 0.261 e. The summed E-state index contributed by atoms with van der Waals surface area (Å²) < 4.78 is 46.1. The van der Waals surface area contributed by atoms with Crippen molar-refractivity contribution in [3.05, 3.63) is 90.1 Å². The highest BCUT2D eigenvalue weighted by Gasteiger charge is 2.15. The van der Waals surface area contributed by atoms with Crippen LogP contribution in [-0.4, -0.2) is 24.5 Å². The van der Waals surface area contributed by atoms with Gasteiger partial charge in [0.15, 0.2) is 0 Å². The maximum absolute atomic E-state index is 13.4. The molecule has 34 heavy (non-hydrogen) atoms. The number of nitrogens with one attached hydrogen (secondary N) is 2. The lowest BCUT2D eigenvalue weighted by Gasteiger charge is -2.10. The van der Waals surface area contributed by atoms with Gasteiger partial charge in [0.1, 0.15) is 5.82 Å². The van der Waals surface area contributed by atoms with E-state index in [1.807, 2.05) is 0 Å². The minimum Gasteiger partial charge on any atom is -0.339 e. The van der Waals surface area contributed by atoms with Crippen LogP contribution in [0.3, 0.4) is 0 Å². The lowest BCUT2D eigenvalue weighted by Crippen LogP contribution is -2.14. The molecule has 4 aromatic rings. The highest BCUT2D eigenvalue weighted by molar-refractivity contribution is 7.92. The number of benzene rings is 3. The van der Waals surface area contributed by atoms with E-state index in [2.05, 4.69) is 20.2 Å². The molecule has 174 valence electrons. The van der Waals surface area contributed by atoms with Crippen molar-refractivity contribution in [2.75, 3.05) is 10.0 Å². The van der Waals surface area contributed by atoms with E-state index in [4.69, 9.17) is 4.52 Å². The van der Waals surface area contributed by atoms with E-state index in [0.29, 0.717) is 28.3 Å². The highest BCUT2D eigenvalue weighted by Crippen LogP contribution is 2.21. The van der Waals surface area contributed by atoms with Crippen molar-refractivity contribution >= 4 is 27.3 Å². The number of rotatable bonds is 8. The molecule has 0 saturated heterocycles. The topological polar surface area (TPSA) is 114 Å². The van der Waals surface area contributed by atoms with Gasteiger partial charge in [0.2, 0.25) is 17.6 Å². The van der Waals surface area contributed by atoms with E-state index in [1.54, 1.807) is 55.5 Å². The summed E-state index contributed by atoms with van der Waals surface area (Å²) >= 11 is 0. The summed E-state index contributed by atoms with van der Waals surface area (Å²) in [5, 5.41) is 6.61. The van der Waals surface area contributed by atoms with Crippen molar-refractivity contribution in [2.45, 2.75) is 24.7 Å². The molecule has 0 unspecified atom stereocenters. The number of nitrogens with zero attached hydrogens (tertiary/aromatic N) is 2. The third-order valence-corrected chi connectivity index (χ3v) is 6.30. The monoisotopic (exact) mass is 480 g/mol. The van der Waals surface area contributed by atoms with Gasteiger partial charge in [-0.2, -0.15) is 4.98 Å². The van der Waals surface area contributed by atoms with Crippen molar-refractivity contribution in [3.63, 3.8) is 0 Å². The van der Waals surface area contributed by atoms with Gasteiger partial charge in [-0.3, -0.25) is 9.52 Å². The van der Waals surface area contributed by atoms with Crippen LogP contribution < -0.4 is 10.0 Å². The van der Waals surface area contributed by atoms with Gasteiger partial charge in [-0.1, -0.05) is 29.4 Å². The molecule has 0 fully saturated rings. The van der Waals surface area contributed by atoms with E-state index in [-0.39, 0.29) is 35.4 Å². The van der Waals surface area contributed by atoms with Gasteiger partial charge in [0.05, 0.1) is 10.6 Å². The summed E-state index contributed by atoms with van der Waals surface area (Å²) in [6, 6.07) is 18.9. The van der Waals surface area contributed by atoms with Gasteiger partial charge in [0, 0.05) is 24.1 Å². The number of hydrogen-bond donors (Lipinski definition) is 2. The predicted molar refractivity (Wildman–Crippen MR) is 125 cm³/mol. The molecule has 0 aliphatic carbocycles. The fourth-order valence-electron chi connectivity index (χ4n) is 3.18. The van der Waals surface area contributed by atoms with Crippen LogP contribution in [0.25, 0.3) is 11.4 Å². The Hall–Kier alpha value is -4.05. The SMILES string of the molecule is Cc1cc(-c2noc(CCC(=O)Nc3cccc(NS(=O)(=O)c4ccccc4)c3)n2)ccc1F. The lowest BCUT2D eigenvalue weighted by molar-refractivity contribution is -0.116. The van der Waals surface area contributed by atoms with Crippen molar-refractivity contribution in [1.29, 1.82) is 0 Å². The van der Waals surface area contributed by atoms with Crippen molar-refractivity contribution in [3.8, 4) is 11.4 Å². The molecule has 8 nitrogen and oxygen atoms in total. The smallest absolute Gasteiger partial charge is 0.261 e. The quantitative estimate of drug-likeness (QED) is 0.382. The number of carbonyl (C=O) groups excluding carboxylic acids is 1. The van der Waals surface area contributed by atoms with Gasteiger partial charge >= 0.3 is 0 Å². The number of sulfonamides is 1. The Bertz CT molecular complexity index is 1420. The molecule has 1 amide bonds. The number of hydrogen-bond acceptors (Lipinski definition) is 6. The van der Waals surface area contributed by atoms with Crippen molar-refractivity contribution in [2.24, 2.45) is 0 Å². The molecule has 0 aliphatic rings. The first-order valence-electron chi connectivity index (χ1n) is 10.4. The number of aromatic nitrogens is 2. The second kappa shape index (κ2) is 9.84. The van der Waals surface area contributed by atoms with Gasteiger partial charge in [-0.25, -0.2) is 12.8 Å². The fraction of sp³-hybridized carbons (Fsp3) is 0.125. The number of halogens is 1. The molecule has 2 N–H and O–H groups in total. The standard InChI is InChI=1S/C24H21FN4O4S/c1-16-14-17(10-11-21(16)25)24-27-23(33-28-24)13-12-22(30)26-18-6-5-7-19(15-18)29-34(31,32)20-8-3-2-4-9-20/h2-11,14-15,29H,12-13H2,1H3,(H,26,30). The van der Waals surface area contributed by atoms with Crippen LogP contribution in [0.15, 0.2) is 82.2 Å². The lowest BCUT2D eigenvalue weighted by atomic mass is 10.1. The molecule has 1 heterocycles. The minimum atomic E-state index is -3.74. The number of anilines is 2. The fourth-order valence-corrected chi connectivity index (χ4v) is 4.25. The summed E-state index contributed by atoms with van der Waals surface area (Å²) in [6.45, 7) is 1.64. The zero-order valence-corrected chi connectivity index (χ0v) is 19.0. The second-order valence-electron chi connectivity index (χ2n) is 7.52. The average Bonchev–Trinajstić information content (AvgIpc) is 3.29. The summed E-state index contributed by atoms with van der Waals surface area (Å²) in [5.41, 5.74) is 1.84. The first kappa shape index (κ1) is 23.1. The third kappa shape index (κ3) is 5.65. The van der Waals surface area contributed by atoms with Crippen LogP contribution in [0, 0.1) is 12.7 Å². The first-order chi connectivity index (χ1) is 16.3. The van der Waals surface area contributed by atoms with Gasteiger partial charge in [-0.15, -0.1) is 0 Å². The van der Waals surface area contributed by atoms with Crippen molar-refractivity contribution < 1.29 is 22.1 Å². The van der Waals surface area contributed by atoms with Gasteiger partial charge in [0.25, 0.3) is 10.0 Å². The Labute approximate surface area is 195 Å². The molecule has 3 aromatic carbocycles. The Balaban J connectivity index is 1.35. The number of carbonyl (C=O) groups is 1. The molecular weight excluding hydrogens is 459 g/mol.